The molecule has 1 aliphatic rings. The van der Waals surface area contributed by atoms with E-state index >= 15 is 0 Å². The number of benzene rings is 2. The van der Waals surface area contributed by atoms with E-state index in [-0.39, 0.29) is 11.5 Å². The van der Waals surface area contributed by atoms with Gasteiger partial charge in [0.2, 0.25) is 0 Å². The summed E-state index contributed by atoms with van der Waals surface area (Å²) in [5.41, 5.74) is 2.34. The zero-order valence-electron chi connectivity index (χ0n) is 21.3. The fourth-order valence-electron chi connectivity index (χ4n) is 4.36. The lowest BCUT2D eigenvalue weighted by Gasteiger charge is -2.24. The molecule has 38 heavy (non-hydrogen) atoms. The highest BCUT2D eigenvalue weighted by Gasteiger charge is 2.33. The van der Waals surface area contributed by atoms with E-state index in [1.807, 2.05) is 92.9 Å². The Bertz CT molecular complexity index is 1670. The van der Waals surface area contributed by atoms with Crippen molar-refractivity contribution in [1.82, 2.24) is 4.57 Å². The summed E-state index contributed by atoms with van der Waals surface area (Å²) in [5, 5.41) is 4.91. The van der Waals surface area contributed by atoms with Crippen molar-refractivity contribution < 1.29 is 14.3 Å². The topological polar surface area (TPSA) is 81.9 Å². The summed E-state index contributed by atoms with van der Waals surface area (Å²) in [6.45, 7) is 6.68. The predicted octanol–water partition coefficient (Wildman–Crippen LogP) is 4.73. The maximum absolute atomic E-state index is 13.8. The van der Waals surface area contributed by atoms with Gasteiger partial charge in [0.15, 0.2) is 16.3 Å². The molecule has 1 atom stereocenters. The number of nitrogens with one attached hydrogen (secondary N) is 1. The van der Waals surface area contributed by atoms with E-state index in [4.69, 9.17) is 14.5 Å². The van der Waals surface area contributed by atoms with E-state index in [9.17, 15) is 9.59 Å². The van der Waals surface area contributed by atoms with Crippen molar-refractivity contribution in [3.63, 3.8) is 0 Å². The van der Waals surface area contributed by atoms with Crippen LogP contribution in [-0.4, -0.2) is 23.7 Å². The monoisotopic (exact) mass is 545 g/mol. The Morgan fingerprint density at radius 3 is 2.53 bits per heavy atom. The largest absolute Gasteiger partial charge is 0.490 e. The molecule has 7 nitrogen and oxygen atoms in total. The number of carbonyl (C=O) groups is 1. The average Bonchev–Trinajstić information content (AvgIpc) is 3.54. The van der Waals surface area contributed by atoms with Crippen molar-refractivity contribution in [2.24, 2.45) is 4.99 Å². The number of aromatic nitrogens is 1. The molecule has 1 amide bonds. The van der Waals surface area contributed by atoms with Crippen molar-refractivity contribution in [2.75, 3.05) is 18.5 Å². The molecule has 2 aromatic carbocycles. The molecule has 9 heteroatoms. The van der Waals surface area contributed by atoms with Crippen LogP contribution in [0.25, 0.3) is 6.08 Å². The molecule has 0 saturated heterocycles. The molecule has 4 aromatic rings. The second kappa shape index (κ2) is 11.2. The number of hydrogen-bond donors (Lipinski definition) is 1. The normalized spacial score (nSPS) is 15.1. The third-order valence-electron chi connectivity index (χ3n) is 5.98. The van der Waals surface area contributed by atoms with Gasteiger partial charge in [-0.3, -0.25) is 14.2 Å². The number of anilines is 1. The molecule has 0 spiro atoms. The van der Waals surface area contributed by atoms with Gasteiger partial charge in [0.05, 0.1) is 29.0 Å². The van der Waals surface area contributed by atoms with Crippen LogP contribution in [0, 0.1) is 0 Å². The number of rotatable bonds is 8. The summed E-state index contributed by atoms with van der Waals surface area (Å²) >= 11 is 2.81. The number of hydrogen-bond acceptors (Lipinski definition) is 7. The Morgan fingerprint density at radius 2 is 1.82 bits per heavy atom. The maximum Gasteiger partial charge on any atom is 0.271 e. The quantitative estimate of drug-likeness (QED) is 0.347. The van der Waals surface area contributed by atoms with Gasteiger partial charge < -0.3 is 14.8 Å². The number of carbonyl (C=O) groups excluding carboxylic acids is 1. The van der Waals surface area contributed by atoms with E-state index in [0.29, 0.717) is 51.0 Å². The van der Waals surface area contributed by atoms with E-state index in [2.05, 4.69) is 5.32 Å². The zero-order chi connectivity index (χ0) is 26.6. The molecule has 0 bridgehead atoms. The van der Waals surface area contributed by atoms with Gasteiger partial charge in [-0.15, -0.1) is 11.3 Å². The highest BCUT2D eigenvalue weighted by molar-refractivity contribution is 7.10. The molecule has 2 aromatic heterocycles. The van der Waals surface area contributed by atoms with Gasteiger partial charge in [-0.25, -0.2) is 4.99 Å². The van der Waals surface area contributed by atoms with Crippen molar-refractivity contribution >= 4 is 40.3 Å². The van der Waals surface area contributed by atoms with Crippen molar-refractivity contribution in [2.45, 2.75) is 26.8 Å². The lowest BCUT2D eigenvalue weighted by Crippen LogP contribution is -2.40. The Balaban J connectivity index is 1.60. The van der Waals surface area contributed by atoms with Crippen molar-refractivity contribution in [3.8, 4) is 11.5 Å². The highest BCUT2D eigenvalue weighted by Crippen LogP contribution is 2.33. The van der Waals surface area contributed by atoms with Crippen LogP contribution in [0.15, 0.2) is 87.1 Å². The number of ether oxygens (including phenoxy) is 2. The molecule has 194 valence electrons. The van der Waals surface area contributed by atoms with Crippen LogP contribution in [0.4, 0.5) is 5.69 Å². The number of fused-ring (bicyclic) bond motifs is 1. The van der Waals surface area contributed by atoms with Crippen LogP contribution >= 0.6 is 22.7 Å². The molecule has 1 N–H and O–H groups in total. The summed E-state index contributed by atoms with van der Waals surface area (Å²) in [6.07, 6.45) is 1.83. The van der Waals surface area contributed by atoms with Gasteiger partial charge in [-0.05, 0) is 68.1 Å². The smallest absolute Gasteiger partial charge is 0.271 e. The first-order chi connectivity index (χ1) is 18.5. The van der Waals surface area contributed by atoms with Gasteiger partial charge in [0, 0.05) is 10.6 Å². The summed E-state index contributed by atoms with van der Waals surface area (Å²) in [4.78, 5) is 33.5. The molecular formula is C29H27N3O4S2. The van der Waals surface area contributed by atoms with Crippen LogP contribution in [-0.2, 0) is 4.79 Å². The zero-order valence-corrected chi connectivity index (χ0v) is 22.9. The molecule has 0 radical (unpaired) electrons. The second-order valence-corrected chi connectivity index (χ2v) is 10.5. The SMILES string of the molecule is CCOc1ccc(/C=c2\sc3n(c2=O)[C@@H](c2cccs2)C(C(=O)Nc2ccccc2)=C(C)N=3)cc1OCC. The van der Waals surface area contributed by atoms with Gasteiger partial charge in [0.25, 0.3) is 11.5 Å². The summed E-state index contributed by atoms with van der Waals surface area (Å²) in [5.74, 6) is 1.01. The molecule has 3 heterocycles. The molecule has 0 saturated carbocycles. The van der Waals surface area contributed by atoms with Crippen molar-refractivity contribution in [3.05, 3.63) is 107 Å². The van der Waals surface area contributed by atoms with Crippen LogP contribution in [0.1, 0.15) is 37.3 Å². The fraction of sp³-hybridized carbons (Fsp3) is 0.207. The lowest BCUT2D eigenvalue weighted by molar-refractivity contribution is -0.113. The molecule has 5 rings (SSSR count). The Morgan fingerprint density at radius 1 is 1.05 bits per heavy atom. The first kappa shape index (κ1) is 25.7. The second-order valence-electron chi connectivity index (χ2n) is 8.49. The lowest BCUT2D eigenvalue weighted by atomic mass is 10.0. The number of amides is 1. The van der Waals surface area contributed by atoms with Crippen LogP contribution in [0.3, 0.4) is 0 Å². The molecule has 0 unspecified atom stereocenters. The minimum Gasteiger partial charge on any atom is -0.490 e. The number of thiazole rings is 1. The first-order valence-electron chi connectivity index (χ1n) is 12.3. The van der Waals surface area contributed by atoms with Crippen molar-refractivity contribution in [1.29, 1.82) is 0 Å². The number of para-hydroxylation sites is 1. The van der Waals surface area contributed by atoms with Gasteiger partial charge in [-0.1, -0.05) is 41.7 Å². The number of thiophene rings is 1. The first-order valence-corrected chi connectivity index (χ1v) is 14.0. The fourth-order valence-corrected chi connectivity index (χ4v) is 6.23. The Labute approximate surface area is 228 Å². The molecular weight excluding hydrogens is 518 g/mol. The minimum atomic E-state index is -0.573. The Kier molecular flexibility index (Phi) is 7.57. The third kappa shape index (κ3) is 5.07. The van der Waals surface area contributed by atoms with Gasteiger partial charge in [0.1, 0.15) is 6.04 Å². The summed E-state index contributed by atoms with van der Waals surface area (Å²) in [6, 6.07) is 18.2. The van der Waals surface area contributed by atoms with Crippen LogP contribution in [0.5, 0.6) is 11.5 Å². The molecule has 0 aliphatic carbocycles. The number of allylic oxidation sites excluding steroid dienone is 1. The van der Waals surface area contributed by atoms with E-state index in [1.165, 1.54) is 22.7 Å². The molecule has 1 aliphatic heterocycles. The van der Waals surface area contributed by atoms with E-state index in [1.54, 1.807) is 4.57 Å². The average molecular weight is 546 g/mol. The third-order valence-corrected chi connectivity index (χ3v) is 7.88. The molecule has 0 fully saturated rings. The maximum atomic E-state index is 13.8. The van der Waals surface area contributed by atoms with Crippen LogP contribution in [0.2, 0.25) is 0 Å². The predicted molar refractivity (Wildman–Crippen MR) is 152 cm³/mol. The minimum absolute atomic E-state index is 0.198. The summed E-state index contributed by atoms with van der Waals surface area (Å²) in [7, 11) is 0. The van der Waals surface area contributed by atoms with Gasteiger partial charge >= 0.3 is 0 Å². The standard InChI is InChI=1S/C29H27N3O4S2/c1-4-35-21-14-13-19(16-22(21)36-5-2)17-24-28(34)32-26(23-12-9-15-37-23)25(18(3)30-29(32)38-24)27(33)31-20-10-7-6-8-11-20/h6-17,26H,4-5H2,1-3H3,(H,31,33)/b24-17-/t26-/m0/s1. The highest BCUT2D eigenvalue weighted by atomic mass is 32.1. The van der Waals surface area contributed by atoms with E-state index < -0.39 is 6.04 Å². The van der Waals surface area contributed by atoms with Gasteiger partial charge in [-0.2, -0.15) is 0 Å². The number of nitrogens with zero attached hydrogens (tertiary/aromatic N) is 2. The Hall–Kier alpha value is -3.95. The van der Waals surface area contributed by atoms with E-state index in [0.717, 1.165) is 10.4 Å². The summed E-state index contributed by atoms with van der Waals surface area (Å²) < 4.78 is 13.6. The van der Waals surface area contributed by atoms with Crippen LogP contribution < -0.4 is 29.7 Å².